The highest BCUT2D eigenvalue weighted by molar-refractivity contribution is 5.77. The van der Waals surface area contributed by atoms with E-state index in [-0.39, 0.29) is 12.5 Å². The highest BCUT2D eigenvalue weighted by Crippen LogP contribution is 2.26. The summed E-state index contributed by atoms with van der Waals surface area (Å²) in [5.74, 6) is 1.07. The van der Waals surface area contributed by atoms with Gasteiger partial charge >= 0.3 is 0 Å². The SMILES string of the molecule is CCOc1ccccc1OCC(=O)NCc1ccc(C[NH+](C)C)cc1. The summed E-state index contributed by atoms with van der Waals surface area (Å²) in [6, 6.07) is 15.6. The van der Waals surface area contributed by atoms with Crippen LogP contribution in [0.2, 0.25) is 0 Å². The molecule has 0 atom stereocenters. The number of rotatable bonds is 9. The second kappa shape index (κ2) is 9.69. The molecule has 0 heterocycles. The van der Waals surface area contributed by atoms with Gasteiger partial charge in [0.2, 0.25) is 0 Å². The topological polar surface area (TPSA) is 52.0 Å². The lowest BCUT2D eigenvalue weighted by atomic mass is 10.1. The number of hydrogen-bond donors (Lipinski definition) is 2. The van der Waals surface area contributed by atoms with Gasteiger partial charge in [0.1, 0.15) is 6.54 Å². The van der Waals surface area contributed by atoms with E-state index in [1.165, 1.54) is 10.5 Å². The Hall–Kier alpha value is -2.53. The Morgan fingerprint density at radius 1 is 0.960 bits per heavy atom. The van der Waals surface area contributed by atoms with Gasteiger partial charge in [0.15, 0.2) is 18.1 Å². The van der Waals surface area contributed by atoms with Gasteiger partial charge in [0, 0.05) is 12.1 Å². The summed E-state index contributed by atoms with van der Waals surface area (Å²) in [6.07, 6.45) is 0. The normalized spacial score (nSPS) is 10.6. The van der Waals surface area contributed by atoms with Gasteiger partial charge in [-0.3, -0.25) is 4.79 Å². The number of hydrogen-bond acceptors (Lipinski definition) is 3. The van der Waals surface area contributed by atoms with Crippen molar-refractivity contribution < 1.29 is 19.2 Å². The van der Waals surface area contributed by atoms with Crippen LogP contribution in [0.15, 0.2) is 48.5 Å². The molecule has 0 saturated heterocycles. The second-order valence-electron chi connectivity index (χ2n) is 6.15. The van der Waals surface area contributed by atoms with Crippen molar-refractivity contribution in [3.63, 3.8) is 0 Å². The second-order valence-corrected chi connectivity index (χ2v) is 6.15. The Kier molecular flexibility index (Phi) is 7.29. The lowest BCUT2D eigenvalue weighted by Crippen LogP contribution is -3.04. The van der Waals surface area contributed by atoms with Crippen LogP contribution in [0, 0.1) is 0 Å². The highest BCUT2D eigenvalue weighted by atomic mass is 16.5. The molecular weight excluding hydrogens is 316 g/mol. The zero-order valence-corrected chi connectivity index (χ0v) is 15.2. The molecular formula is C20H27N2O3+. The molecule has 0 aliphatic carbocycles. The largest absolute Gasteiger partial charge is 0.490 e. The zero-order valence-electron chi connectivity index (χ0n) is 15.2. The molecule has 134 valence electrons. The average molecular weight is 343 g/mol. The van der Waals surface area contributed by atoms with Crippen LogP contribution in [0.4, 0.5) is 0 Å². The molecule has 5 nitrogen and oxygen atoms in total. The quantitative estimate of drug-likeness (QED) is 0.724. The molecule has 25 heavy (non-hydrogen) atoms. The van der Waals surface area contributed by atoms with Crippen LogP contribution in [0.5, 0.6) is 11.5 Å². The standard InChI is InChI=1S/C20H26N2O3/c1-4-24-18-7-5-6-8-19(18)25-15-20(23)21-13-16-9-11-17(12-10-16)14-22(2)3/h5-12H,4,13-15H2,1-3H3,(H,21,23)/p+1. The van der Waals surface area contributed by atoms with E-state index >= 15 is 0 Å². The number of carbonyl (C=O) groups excluding carboxylic acids is 1. The van der Waals surface area contributed by atoms with Crippen molar-refractivity contribution in [2.45, 2.75) is 20.0 Å². The minimum atomic E-state index is -0.159. The molecule has 0 fully saturated rings. The Labute approximate surface area is 149 Å². The minimum absolute atomic E-state index is 0.0356. The monoisotopic (exact) mass is 343 g/mol. The maximum absolute atomic E-state index is 12.0. The number of para-hydroxylation sites is 2. The third-order valence-electron chi connectivity index (χ3n) is 3.58. The van der Waals surface area contributed by atoms with Crippen molar-refractivity contribution in [3.05, 3.63) is 59.7 Å². The van der Waals surface area contributed by atoms with Gasteiger partial charge in [0.05, 0.1) is 20.7 Å². The summed E-state index contributed by atoms with van der Waals surface area (Å²) in [5.41, 5.74) is 2.35. The summed E-state index contributed by atoms with van der Waals surface area (Å²) in [7, 11) is 4.25. The van der Waals surface area contributed by atoms with Gasteiger partial charge < -0.3 is 19.7 Å². The van der Waals surface area contributed by atoms with E-state index in [1.54, 1.807) is 6.07 Å². The van der Waals surface area contributed by atoms with Crippen molar-refractivity contribution in [2.75, 3.05) is 27.3 Å². The van der Waals surface area contributed by atoms with Crippen LogP contribution in [0.1, 0.15) is 18.1 Å². The van der Waals surface area contributed by atoms with E-state index in [0.29, 0.717) is 24.7 Å². The Morgan fingerprint density at radius 2 is 1.56 bits per heavy atom. The molecule has 0 unspecified atom stereocenters. The van der Waals surface area contributed by atoms with Crippen LogP contribution in [-0.2, 0) is 17.9 Å². The first kappa shape index (κ1) is 18.8. The van der Waals surface area contributed by atoms with Crippen molar-refractivity contribution in [1.82, 2.24) is 5.32 Å². The van der Waals surface area contributed by atoms with E-state index < -0.39 is 0 Å². The van der Waals surface area contributed by atoms with Gasteiger partial charge in [-0.1, -0.05) is 36.4 Å². The lowest BCUT2D eigenvalue weighted by molar-refractivity contribution is -0.872. The number of quaternary nitrogens is 1. The molecule has 0 aliphatic heterocycles. The predicted octanol–water partition coefficient (Wildman–Crippen LogP) is 1.43. The molecule has 0 aromatic heterocycles. The van der Waals surface area contributed by atoms with Gasteiger partial charge in [-0.05, 0) is 24.6 Å². The number of carbonyl (C=O) groups is 1. The van der Waals surface area contributed by atoms with Crippen LogP contribution in [0.3, 0.4) is 0 Å². The molecule has 2 aromatic carbocycles. The van der Waals surface area contributed by atoms with Crippen LogP contribution in [-0.4, -0.2) is 33.2 Å². The van der Waals surface area contributed by atoms with Gasteiger partial charge in [0.25, 0.3) is 5.91 Å². The lowest BCUT2D eigenvalue weighted by Gasteiger charge is -2.12. The van der Waals surface area contributed by atoms with Crippen molar-refractivity contribution in [3.8, 4) is 11.5 Å². The van der Waals surface area contributed by atoms with E-state index in [4.69, 9.17) is 9.47 Å². The third-order valence-corrected chi connectivity index (χ3v) is 3.58. The van der Waals surface area contributed by atoms with E-state index in [2.05, 4.69) is 31.5 Å². The maximum atomic E-state index is 12.0. The maximum Gasteiger partial charge on any atom is 0.258 e. The molecule has 2 N–H and O–H groups in total. The molecule has 0 radical (unpaired) electrons. The molecule has 0 spiro atoms. The highest BCUT2D eigenvalue weighted by Gasteiger charge is 2.07. The van der Waals surface area contributed by atoms with Gasteiger partial charge in [-0.15, -0.1) is 0 Å². The first-order valence-electron chi connectivity index (χ1n) is 8.56. The molecule has 5 heteroatoms. The van der Waals surface area contributed by atoms with Crippen molar-refractivity contribution in [1.29, 1.82) is 0 Å². The fourth-order valence-corrected chi connectivity index (χ4v) is 2.42. The summed E-state index contributed by atoms with van der Waals surface area (Å²) in [5, 5.41) is 2.87. The van der Waals surface area contributed by atoms with Crippen molar-refractivity contribution in [2.24, 2.45) is 0 Å². The van der Waals surface area contributed by atoms with Crippen LogP contribution < -0.4 is 19.7 Å². The summed E-state index contributed by atoms with van der Waals surface area (Å²) in [4.78, 5) is 13.4. The van der Waals surface area contributed by atoms with Gasteiger partial charge in [-0.2, -0.15) is 0 Å². The minimum Gasteiger partial charge on any atom is -0.490 e. The Morgan fingerprint density at radius 3 is 2.16 bits per heavy atom. The molecule has 1 amide bonds. The zero-order chi connectivity index (χ0) is 18.1. The summed E-state index contributed by atoms with van der Waals surface area (Å²) < 4.78 is 11.0. The average Bonchev–Trinajstić information content (AvgIpc) is 2.60. The first-order chi connectivity index (χ1) is 12.1. The third kappa shape index (κ3) is 6.47. The fourth-order valence-electron chi connectivity index (χ4n) is 2.42. The molecule has 0 aliphatic rings. The number of ether oxygens (including phenoxy) is 2. The van der Waals surface area contributed by atoms with Crippen LogP contribution >= 0.6 is 0 Å². The fraction of sp³-hybridized carbons (Fsp3) is 0.350. The smallest absolute Gasteiger partial charge is 0.258 e. The van der Waals surface area contributed by atoms with E-state index in [9.17, 15) is 4.79 Å². The first-order valence-corrected chi connectivity index (χ1v) is 8.56. The molecule has 0 bridgehead atoms. The molecule has 2 aromatic rings. The molecule has 2 rings (SSSR count). The van der Waals surface area contributed by atoms with Crippen LogP contribution in [0.25, 0.3) is 0 Å². The molecule has 0 saturated carbocycles. The Bertz CT molecular complexity index is 669. The van der Waals surface area contributed by atoms with Gasteiger partial charge in [-0.25, -0.2) is 0 Å². The van der Waals surface area contributed by atoms with Crippen molar-refractivity contribution >= 4 is 5.91 Å². The summed E-state index contributed by atoms with van der Waals surface area (Å²) >= 11 is 0. The number of benzene rings is 2. The van der Waals surface area contributed by atoms with E-state index in [1.807, 2.05) is 37.3 Å². The summed E-state index contributed by atoms with van der Waals surface area (Å²) in [6.45, 7) is 3.91. The Balaban J connectivity index is 1.79. The number of nitrogens with one attached hydrogen (secondary N) is 2. The number of amides is 1. The van der Waals surface area contributed by atoms with E-state index in [0.717, 1.165) is 12.1 Å². The predicted molar refractivity (Wildman–Crippen MR) is 97.9 cm³/mol.